The van der Waals surface area contributed by atoms with Crippen LogP contribution in [0, 0.1) is 0 Å². The van der Waals surface area contributed by atoms with E-state index >= 15 is 0 Å². The molecule has 0 atom stereocenters. The highest BCUT2D eigenvalue weighted by molar-refractivity contribution is 5.98. The SMILES string of the molecule is [2H]CC(c1ccc(-c2ccnc(-c3cc(-c4ccccc4)cc(-c4cccc5c4nc(-c4cc(C(C)(C)C)cc(C(C)(C)C)c4O)n5-c4cc(C(C)(C)C)ccc4-c4ccc(C(C)(C)C)cc4)c3)c2)cc1)(C([2H])([2H])[2H])C([2H])([2H])[2H]. The van der Waals surface area contributed by atoms with Crippen molar-refractivity contribution in [1.29, 1.82) is 0 Å². The lowest BCUT2D eigenvalue weighted by molar-refractivity contribution is 0.446. The van der Waals surface area contributed by atoms with Gasteiger partial charge in [-0.2, -0.15) is 0 Å². The van der Waals surface area contributed by atoms with E-state index in [0.717, 1.165) is 83.5 Å². The van der Waals surface area contributed by atoms with Crippen molar-refractivity contribution in [2.75, 3.05) is 0 Å². The van der Waals surface area contributed by atoms with Crippen molar-refractivity contribution in [3.63, 3.8) is 0 Å². The summed E-state index contributed by atoms with van der Waals surface area (Å²) in [5.41, 5.74) is 13.3. The number of benzene rings is 7. The molecule has 0 spiro atoms. The third-order valence-electron chi connectivity index (χ3n) is 14.0. The Labute approximate surface area is 439 Å². The lowest BCUT2D eigenvalue weighted by Crippen LogP contribution is -2.17. The molecule has 72 heavy (non-hydrogen) atoms. The normalized spacial score (nSPS) is 14.5. The summed E-state index contributed by atoms with van der Waals surface area (Å²) in [5, 5.41) is 12.8. The number of pyridine rings is 1. The van der Waals surface area contributed by atoms with Gasteiger partial charge in [-0.25, -0.2) is 4.98 Å². The summed E-state index contributed by atoms with van der Waals surface area (Å²) in [6.07, 6.45) is 1.74. The zero-order chi connectivity index (χ0) is 57.4. The first-order valence-corrected chi connectivity index (χ1v) is 25.0. The molecule has 0 aliphatic carbocycles. The van der Waals surface area contributed by atoms with Gasteiger partial charge in [-0.05, 0) is 131 Å². The highest BCUT2D eigenvalue weighted by Gasteiger charge is 2.30. The summed E-state index contributed by atoms with van der Waals surface area (Å²) < 4.78 is 60.0. The van der Waals surface area contributed by atoms with Crippen LogP contribution in [0.2, 0.25) is 0 Å². The molecule has 4 nitrogen and oxygen atoms in total. The predicted octanol–water partition coefficient (Wildman–Crippen LogP) is 18.6. The van der Waals surface area contributed by atoms with Crippen LogP contribution < -0.4 is 0 Å². The van der Waals surface area contributed by atoms with Crippen LogP contribution in [-0.4, -0.2) is 19.6 Å². The fourth-order valence-corrected chi connectivity index (χ4v) is 9.59. The Balaban J connectivity index is 1.31. The molecular weight excluding hydrogens is 875 g/mol. The van der Waals surface area contributed by atoms with Crippen molar-refractivity contribution in [2.45, 2.75) is 131 Å². The molecule has 0 saturated carbocycles. The largest absolute Gasteiger partial charge is 0.507 e. The van der Waals surface area contributed by atoms with Gasteiger partial charge in [0.2, 0.25) is 0 Å². The molecule has 0 bridgehead atoms. The summed E-state index contributed by atoms with van der Waals surface area (Å²) >= 11 is 0. The Morgan fingerprint density at radius 1 is 0.431 bits per heavy atom. The molecule has 0 amide bonds. The van der Waals surface area contributed by atoms with E-state index in [1.54, 1.807) is 18.3 Å². The minimum atomic E-state index is -2.94. The highest BCUT2D eigenvalue weighted by atomic mass is 16.3. The smallest absolute Gasteiger partial charge is 0.149 e. The van der Waals surface area contributed by atoms with Crippen LogP contribution in [0.4, 0.5) is 0 Å². The number of rotatable bonds is 7. The maximum absolute atomic E-state index is 12.8. The van der Waals surface area contributed by atoms with Crippen molar-refractivity contribution in [2.24, 2.45) is 0 Å². The second-order valence-electron chi connectivity index (χ2n) is 23.8. The summed E-state index contributed by atoms with van der Waals surface area (Å²) in [6, 6.07) is 53.3. The molecule has 0 radical (unpaired) electrons. The van der Waals surface area contributed by atoms with Gasteiger partial charge in [0, 0.05) is 38.0 Å². The average molecular weight is 955 g/mol. The number of hydrogen-bond acceptors (Lipinski definition) is 3. The topological polar surface area (TPSA) is 50.9 Å². The molecule has 4 heteroatoms. The summed E-state index contributed by atoms with van der Waals surface area (Å²) in [5.74, 6) is 0.814. The number of phenolic OH excluding ortho intramolecular Hbond substituents is 1. The van der Waals surface area contributed by atoms with Crippen LogP contribution in [0.3, 0.4) is 0 Å². The first-order valence-electron chi connectivity index (χ1n) is 28.8. The Bertz CT molecular complexity index is 3700. The molecule has 7 aromatic carbocycles. The molecule has 0 aliphatic heterocycles. The zero-order valence-electron chi connectivity index (χ0n) is 51.1. The fourth-order valence-electron chi connectivity index (χ4n) is 9.59. The van der Waals surface area contributed by atoms with E-state index in [4.69, 9.17) is 19.6 Å². The highest BCUT2D eigenvalue weighted by Crippen LogP contribution is 2.47. The van der Waals surface area contributed by atoms with Gasteiger partial charge in [0.1, 0.15) is 11.6 Å². The van der Waals surface area contributed by atoms with E-state index < -0.39 is 31.4 Å². The molecule has 0 saturated heterocycles. The van der Waals surface area contributed by atoms with Crippen LogP contribution in [0.25, 0.3) is 83.9 Å². The van der Waals surface area contributed by atoms with Crippen molar-refractivity contribution >= 4 is 11.0 Å². The van der Waals surface area contributed by atoms with Crippen LogP contribution in [0.15, 0.2) is 164 Å². The Hall–Kier alpha value is -7.04. The minimum absolute atomic E-state index is 0.0310. The lowest BCUT2D eigenvalue weighted by Gasteiger charge is -2.28. The van der Waals surface area contributed by atoms with E-state index in [9.17, 15) is 5.11 Å². The number of fused-ring (bicyclic) bond motifs is 1. The molecule has 2 aromatic heterocycles. The Morgan fingerprint density at radius 2 is 1.03 bits per heavy atom. The quantitative estimate of drug-likeness (QED) is 0.173. The van der Waals surface area contributed by atoms with Gasteiger partial charge in [-0.3, -0.25) is 9.55 Å². The van der Waals surface area contributed by atoms with Crippen molar-refractivity contribution < 1.29 is 14.7 Å². The second-order valence-corrected chi connectivity index (χ2v) is 23.8. The Kier molecular flexibility index (Phi) is 10.5. The molecule has 1 N–H and O–H groups in total. The van der Waals surface area contributed by atoms with Gasteiger partial charge >= 0.3 is 0 Å². The van der Waals surface area contributed by atoms with Crippen LogP contribution in [-0.2, 0) is 27.1 Å². The number of aromatic nitrogens is 3. The second kappa shape index (κ2) is 18.2. The number of aromatic hydroxyl groups is 1. The van der Waals surface area contributed by atoms with Gasteiger partial charge in [0.05, 0.1) is 28.0 Å². The Morgan fingerprint density at radius 3 is 1.65 bits per heavy atom. The molecule has 9 rings (SSSR count). The molecule has 366 valence electrons. The number of para-hydroxylation sites is 1. The third-order valence-corrected chi connectivity index (χ3v) is 14.0. The maximum Gasteiger partial charge on any atom is 0.149 e. The number of hydrogen-bond donors (Lipinski definition) is 1. The summed E-state index contributed by atoms with van der Waals surface area (Å²) in [4.78, 5) is 10.7. The van der Waals surface area contributed by atoms with E-state index in [1.807, 2.05) is 30.3 Å². The van der Waals surface area contributed by atoms with Crippen molar-refractivity contribution in [1.82, 2.24) is 14.5 Å². The first kappa shape index (κ1) is 41.6. The molecule has 9 aromatic rings. The average Bonchev–Trinajstić information content (AvgIpc) is 4.02. The van der Waals surface area contributed by atoms with E-state index in [1.165, 1.54) is 17.7 Å². The number of phenols is 1. The van der Waals surface area contributed by atoms with Crippen molar-refractivity contribution in [3.8, 4) is 78.6 Å². The zero-order valence-corrected chi connectivity index (χ0v) is 44.1. The fraction of sp³-hybridized carbons (Fsp3) is 0.294. The molecule has 0 unspecified atom stereocenters. The molecule has 0 fully saturated rings. The maximum atomic E-state index is 12.8. The minimum Gasteiger partial charge on any atom is -0.507 e. The van der Waals surface area contributed by atoms with Crippen LogP contribution >= 0.6 is 0 Å². The van der Waals surface area contributed by atoms with Gasteiger partial charge in [0.15, 0.2) is 0 Å². The molecule has 2 heterocycles. The number of nitrogens with zero attached hydrogens (tertiary/aromatic N) is 3. The summed E-state index contributed by atoms with van der Waals surface area (Å²) in [7, 11) is 0. The van der Waals surface area contributed by atoms with Gasteiger partial charge in [-0.15, -0.1) is 0 Å². The standard InChI is InChI=1S/C68H73N3O/c1-64(2,3)50-28-24-44(25-29-50)46-34-35-69-58(39-46)49-37-47(43-20-17-16-18-21-43)36-48(38-49)55-22-19-23-59-61(55)70-63(56-40-53(67(10,11)12)41-57(62(56)72)68(13,14)15)71(59)60-42-52(66(7,8)9)32-33-54(60)45-26-30-51(31-27-45)65(4,5)6/h16-42,72H,1-15H3/i1D,2D3,3D3. The van der Waals surface area contributed by atoms with Crippen molar-refractivity contribution in [3.05, 3.63) is 192 Å². The van der Waals surface area contributed by atoms with Gasteiger partial charge < -0.3 is 5.11 Å². The van der Waals surface area contributed by atoms with E-state index in [0.29, 0.717) is 17.1 Å². The van der Waals surface area contributed by atoms with E-state index in [2.05, 4.69) is 191 Å². The monoisotopic (exact) mass is 955 g/mol. The van der Waals surface area contributed by atoms with Crippen LogP contribution in [0.1, 0.15) is 141 Å². The predicted molar refractivity (Wildman–Crippen MR) is 307 cm³/mol. The molecule has 0 aliphatic rings. The first-order chi connectivity index (χ1) is 36.8. The van der Waals surface area contributed by atoms with Gasteiger partial charge in [-0.1, -0.05) is 213 Å². The van der Waals surface area contributed by atoms with E-state index in [-0.39, 0.29) is 27.6 Å². The molecular formula is C68H73N3O. The van der Waals surface area contributed by atoms with Gasteiger partial charge in [0.25, 0.3) is 0 Å². The summed E-state index contributed by atoms with van der Waals surface area (Å²) in [6.45, 7) is 19.7. The lowest BCUT2D eigenvalue weighted by atomic mass is 9.79. The third kappa shape index (κ3) is 9.94. The number of imidazole rings is 1. The van der Waals surface area contributed by atoms with Crippen LogP contribution in [0.5, 0.6) is 5.75 Å².